The Balaban J connectivity index is 0.00000324. The molecule has 0 amide bonds. The molecular weight excluding hydrogens is 496 g/mol. The minimum absolute atomic E-state index is 0. The molecule has 1 atom stereocenters. The van der Waals surface area contributed by atoms with Crippen molar-refractivity contribution in [3.8, 4) is 21.8 Å². The Morgan fingerprint density at radius 3 is 2.50 bits per heavy atom. The number of carbonyl (C=O) groups is 1. The summed E-state index contributed by atoms with van der Waals surface area (Å²) in [5, 5.41) is 3.17. The van der Waals surface area contributed by atoms with Gasteiger partial charge in [-0.25, -0.2) is 13.4 Å². The molecule has 3 heterocycles. The maximum atomic E-state index is 13.5. The lowest BCUT2D eigenvalue weighted by molar-refractivity contribution is -0.155. The van der Waals surface area contributed by atoms with Crippen LogP contribution in [0.3, 0.4) is 0 Å². The van der Waals surface area contributed by atoms with Gasteiger partial charge in [0.15, 0.2) is 22.0 Å². The van der Waals surface area contributed by atoms with Gasteiger partial charge in [-0.3, -0.25) is 4.79 Å². The highest BCUT2D eigenvalue weighted by Gasteiger charge is 2.49. The number of hydrogen-bond acceptors (Lipinski definition) is 8. The first-order valence-electron chi connectivity index (χ1n) is 10.8. The summed E-state index contributed by atoms with van der Waals surface area (Å²) in [6.45, 7) is 6.24. The molecule has 1 aliphatic rings. The van der Waals surface area contributed by atoms with Gasteiger partial charge in [0.1, 0.15) is 10.3 Å². The van der Waals surface area contributed by atoms with Crippen LogP contribution >= 0.6 is 23.7 Å². The van der Waals surface area contributed by atoms with Crippen molar-refractivity contribution in [1.29, 1.82) is 0 Å². The highest BCUT2D eigenvalue weighted by atomic mass is 35.5. The van der Waals surface area contributed by atoms with E-state index in [0.29, 0.717) is 30.1 Å². The van der Waals surface area contributed by atoms with Gasteiger partial charge < -0.3 is 14.5 Å². The summed E-state index contributed by atoms with van der Waals surface area (Å²) in [6.07, 6.45) is 3.17. The molecular formula is C24H29ClN2O5S2. The number of aromatic nitrogens is 1. The van der Waals surface area contributed by atoms with E-state index in [9.17, 15) is 13.2 Å². The molecule has 4 rings (SSSR count). The lowest BCUT2D eigenvalue weighted by atomic mass is 9.97. The number of benzene rings is 1. The number of carbonyl (C=O) groups excluding carboxylic acids is 1. The Labute approximate surface area is 210 Å². The van der Waals surface area contributed by atoms with Gasteiger partial charge in [-0.2, -0.15) is 0 Å². The van der Waals surface area contributed by atoms with E-state index in [4.69, 9.17) is 9.15 Å². The lowest BCUT2D eigenvalue weighted by Crippen LogP contribution is -2.40. The fraction of sp³-hybridized carbons (Fsp3) is 0.417. The SMILES string of the molecule is CC(C)(C)OC(=O)CC1(c2ccc(-c3ccc(-c4cnco4)cc3)s2)CCNCCS1(=O)=O.Cl. The molecule has 1 N–H and O–H groups in total. The molecule has 0 aliphatic carbocycles. The average molecular weight is 525 g/mol. The summed E-state index contributed by atoms with van der Waals surface area (Å²) in [5.41, 5.74) is 1.19. The van der Waals surface area contributed by atoms with Crippen LogP contribution in [0.4, 0.5) is 0 Å². The van der Waals surface area contributed by atoms with E-state index in [2.05, 4.69) is 10.3 Å². The Kier molecular flexibility index (Phi) is 7.92. The quantitative estimate of drug-likeness (QED) is 0.477. The summed E-state index contributed by atoms with van der Waals surface area (Å²) in [7, 11) is -3.60. The van der Waals surface area contributed by atoms with Crippen molar-refractivity contribution in [2.45, 2.75) is 44.0 Å². The van der Waals surface area contributed by atoms with Crippen molar-refractivity contribution in [3.63, 3.8) is 0 Å². The Morgan fingerprint density at radius 1 is 1.15 bits per heavy atom. The number of halogens is 1. The zero-order chi connectivity index (χ0) is 23.7. The molecule has 184 valence electrons. The van der Waals surface area contributed by atoms with E-state index in [1.54, 1.807) is 27.0 Å². The minimum Gasteiger partial charge on any atom is -0.460 e. The van der Waals surface area contributed by atoms with Crippen molar-refractivity contribution >= 4 is 39.6 Å². The molecule has 1 saturated heterocycles. The van der Waals surface area contributed by atoms with Crippen LogP contribution in [0.5, 0.6) is 0 Å². The summed E-state index contributed by atoms with van der Waals surface area (Å²) < 4.78 is 36.5. The first-order valence-corrected chi connectivity index (χ1v) is 13.3. The molecule has 1 aliphatic heterocycles. The number of nitrogens with zero attached hydrogens (tertiary/aromatic N) is 1. The maximum Gasteiger partial charge on any atom is 0.308 e. The summed E-state index contributed by atoms with van der Waals surface area (Å²) in [4.78, 5) is 18.4. The molecule has 1 unspecified atom stereocenters. The molecule has 2 aromatic heterocycles. The molecule has 0 radical (unpaired) electrons. The Hall–Kier alpha value is -2.20. The highest BCUT2D eigenvalue weighted by Crippen LogP contribution is 2.45. The first-order chi connectivity index (χ1) is 15.6. The third kappa shape index (κ3) is 5.54. The number of oxazole rings is 1. The van der Waals surface area contributed by atoms with Crippen molar-refractivity contribution in [3.05, 3.63) is 53.9 Å². The smallest absolute Gasteiger partial charge is 0.308 e. The minimum atomic E-state index is -3.60. The second kappa shape index (κ2) is 10.2. The van der Waals surface area contributed by atoms with Crippen molar-refractivity contribution in [1.82, 2.24) is 10.3 Å². The van der Waals surface area contributed by atoms with Gasteiger partial charge in [-0.05, 0) is 51.4 Å². The van der Waals surface area contributed by atoms with Crippen LogP contribution in [0, 0.1) is 0 Å². The van der Waals surface area contributed by atoms with Gasteiger partial charge in [-0.1, -0.05) is 24.3 Å². The summed E-state index contributed by atoms with van der Waals surface area (Å²) in [5.74, 6) is 0.163. The molecule has 1 aromatic carbocycles. The average Bonchev–Trinajstić information content (AvgIpc) is 3.41. The summed E-state index contributed by atoms with van der Waals surface area (Å²) in [6, 6.07) is 11.6. The predicted octanol–water partition coefficient (Wildman–Crippen LogP) is 4.83. The molecule has 0 spiro atoms. The number of hydrogen-bond donors (Lipinski definition) is 1. The number of ether oxygens (including phenoxy) is 1. The fourth-order valence-corrected chi connectivity index (χ4v) is 7.60. The molecule has 7 nitrogen and oxygen atoms in total. The first kappa shape index (κ1) is 26.4. The van der Waals surface area contributed by atoms with Gasteiger partial charge in [0, 0.05) is 21.9 Å². The Bertz CT molecular complexity index is 1220. The van der Waals surface area contributed by atoms with Crippen LogP contribution in [-0.4, -0.2) is 43.8 Å². The number of esters is 1. The van der Waals surface area contributed by atoms with E-state index in [-0.39, 0.29) is 24.6 Å². The zero-order valence-electron chi connectivity index (χ0n) is 19.4. The highest BCUT2D eigenvalue weighted by molar-refractivity contribution is 7.92. The van der Waals surface area contributed by atoms with Crippen LogP contribution in [0.1, 0.15) is 38.5 Å². The van der Waals surface area contributed by atoms with Crippen molar-refractivity contribution < 1.29 is 22.4 Å². The van der Waals surface area contributed by atoms with Crippen molar-refractivity contribution in [2.24, 2.45) is 0 Å². The molecule has 0 saturated carbocycles. The second-order valence-corrected chi connectivity index (χ2v) is 12.7. The largest absolute Gasteiger partial charge is 0.460 e. The number of thiophene rings is 1. The third-order valence-corrected chi connectivity index (χ3v) is 9.61. The van der Waals surface area contributed by atoms with E-state index >= 15 is 0 Å². The third-order valence-electron chi connectivity index (χ3n) is 5.64. The molecule has 10 heteroatoms. The van der Waals surface area contributed by atoms with Crippen LogP contribution in [0.2, 0.25) is 0 Å². The van der Waals surface area contributed by atoms with E-state index in [0.717, 1.165) is 16.0 Å². The van der Waals surface area contributed by atoms with Crippen LogP contribution in [0.15, 0.2) is 53.4 Å². The predicted molar refractivity (Wildman–Crippen MR) is 136 cm³/mol. The normalized spacial score (nSPS) is 20.2. The lowest BCUT2D eigenvalue weighted by Gasteiger charge is -2.31. The van der Waals surface area contributed by atoms with Gasteiger partial charge in [0.25, 0.3) is 0 Å². The summed E-state index contributed by atoms with van der Waals surface area (Å²) >= 11 is 1.42. The van der Waals surface area contributed by atoms with E-state index < -0.39 is 26.2 Å². The maximum absolute atomic E-state index is 13.5. The zero-order valence-corrected chi connectivity index (χ0v) is 21.8. The molecule has 3 aromatic rings. The Morgan fingerprint density at radius 2 is 1.85 bits per heavy atom. The monoisotopic (exact) mass is 524 g/mol. The molecule has 1 fully saturated rings. The van der Waals surface area contributed by atoms with E-state index in [1.165, 1.54) is 17.7 Å². The van der Waals surface area contributed by atoms with Crippen LogP contribution in [-0.2, 0) is 24.1 Å². The van der Waals surface area contributed by atoms with Crippen LogP contribution < -0.4 is 5.32 Å². The number of nitrogens with one attached hydrogen (secondary N) is 1. The van der Waals surface area contributed by atoms with Gasteiger partial charge >= 0.3 is 5.97 Å². The van der Waals surface area contributed by atoms with Gasteiger partial charge in [0.05, 0.1) is 18.4 Å². The van der Waals surface area contributed by atoms with Crippen molar-refractivity contribution in [2.75, 3.05) is 18.8 Å². The second-order valence-electron chi connectivity index (χ2n) is 9.18. The van der Waals surface area contributed by atoms with Crippen LogP contribution in [0.25, 0.3) is 21.8 Å². The molecule has 0 bridgehead atoms. The fourth-order valence-electron chi connectivity index (χ4n) is 4.04. The molecule has 34 heavy (non-hydrogen) atoms. The topological polar surface area (TPSA) is 98.5 Å². The standard InChI is InChI=1S/C24H28N2O5S2.ClH/c1-23(2,3)31-22(27)14-24(10-11-25-12-13-33(24,28)29)21-9-8-20(32-21)18-6-4-17(5-7-18)19-15-26-16-30-19;/h4-9,15-16,25H,10-14H2,1-3H3;1H. The van der Waals surface area contributed by atoms with E-state index in [1.807, 2.05) is 36.4 Å². The van der Waals surface area contributed by atoms with Gasteiger partial charge in [0.2, 0.25) is 0 Å². The van der Waals surface area contributed by atoms with Gasteiger partial charge in [-0.15, -0.1) is 23.7 Å². The number of rotatable bonds is 5. The number of sulfone groups is 1.